The van der Waals surface area contributed by atoms with Gasteiger partial charge in [-0.15, -0.1) is 0 Å². The zero-order valence-electron chi connectivity index (χ0n) is 13.6. The second-order valence-electron chi connectivity index (χ2n) is 5.92. The molecule has 118 valence electrons. The first-order valence-corrected chi connectivity index (χ1v) is 8.45. The molecular weight excluding hydrogens is 260 g/mol. The van der Waals surface area contributed by atoms with Crippen LogP contribution in [-0.2, 0) is 0 Å². The normalized spacial score (nSPS) is 17.9. The summed E-state index contributed by atoms with van der Waals surface area (Å²) >= 11 is 0. The van der Waals surface area contributed by atoms with Crippen LogP contribution in [0.2, 0.25) is 0 Å². The van der Waals surface area contributed by atoms with Crippen molar-refractivity contribution in [1.29, 1.82) is 0 Å². The third-order valence-corrected chi connectivity index (χ3v) is 4.14. The van der Waals surface area contributed by atoms with Gasteiger partial charge in [-0.25, -0.2) is 4.98 Å². The van der Waals surface area contributed by atoms with Crippen molar-refractivity contribution >= 4 is 5.82 Å². The second kappa shape index (κ2) is 9.00. The maximum absolute atomic E-state index is 4.45. The molecule has 0 aliphatic carbocycles. The number of pyridine rings is 1. The van der Waals surface area contributed by atoms with Gasteiger partial charge in [0.25, 0.3) is 0 Å². The van der Waals surface area contributed by atoms with Gasteiger partial charge in [0.15, 0.2) is 0 Å². The minimum Gasteiger partial charge on any atom is -0.354 e. The summed E-state index contributed by atoms with van der Waals surface area (Å²) in [5.41, 5.74) is 0. The average molecular weight is 290 g/mol. The van der Waals surface area contributed by atoms with Gasteiger partial charge < -0.3 is 10.2 Å². The third-order valence-electron chi connectivity index (χ3n) is 4.14. The predicted octanol–water partition coefficient (Wildman–Crippen LogP) is 2.37. The van der Waals surface area contributed by atoms with Crippen LogP contribution in [0, 0.1) is 0 Å². The van der Waals surface area contributed by atoms with E-state index >= 15 is 0 Å². The number of anilines is 1. The Hall–Kier alpha value is -1.13. The molecule has 1 atom stereocenters. The SMILES string of the molecule is CCCNC(CCC)CN1CCN(c2ccccn2)CC1. The van der Waals surface area contributed by atoms with E-state index in [1.165, 1.54) is 25.8 Å². The molecule has 0 bridgehead atoms. The summed E-state index contributed by atoms with van der Waals surface area (Å²) in [7, 11) is 0. The van der Waals surface area contributed by atoms with Crippen molar-refractivity contribution in [3.63, 3.8) is 0 Å². The summed E-state index contributed by atoms with van der Waals surface area (Å²) in [5, 5.41) is 3.69. The zero-order chi connectivity index (χ0) is 14.9. The summed E-state index contributed by atoms with van der Waals surface area (Å²) < 4.78 is 0. The molecule has 1 fully saturated rings. The molecule has 21 heavy (non-hydrogen) atoms. The number of rotatable bonds is 8. The number of hydrogen-bond donors (Lipinski definition) is 1. The lowest BCUT2D eigenvalue weighted by molar-refractivity contribution is 0.223. The molecule has 0 saturated carbocycles. The predicted molar refractivity (Wildman–Crippen MR) is 89.9 cm³/mol. The highest BCUT2D eigenvalue weighted by Crippen LogP contribution is 2.13. The molecule has 1 aliphatic rings. The molecule has 1 aromatic rings. The zero-order valence-corrected chi connectivity index (χ0v) is 13.6. The molecule has 1 aliphatic heterocycles. The van der Waals surface area contributed by atoms with Crippen LogP contribution < -0.4 is 10.2 Å². The topological polar surface area (TPSA) is 31.4 Å². The molecular formula is C17H30N4. The van der Waals surface area contributed by atoms with E-state index in [0.29, 0.717) is 6.04 Å². The molecule has 2 rings (SSSR count). The fourth-order valence-corrected chi connectivity index (χ4v) is 2.97. The molecule has 0 aromatic carbocycles. The summed E-state index contributed by atoms with van der Waals surface area (Å²) in [6.45, 7) is 11.3. The van der Waals surface area contributed by atoms with Gasteiger partial charge in [0, 0.05) is 45.0 Å². The minimum atomic E-state index is 0.649. The van der Waals surface area contributed by atoms with Crippen LogP contribution in [0.15, 0.2) is 24.4 Å². The van der Waals surface area contributed by atoms with E-state index in [1.807, 2.05) is 12.3 Å². The largest absolute Gasteiger partial charge is 0.354 e. The Balaban J connectivity index is 1.77. The molecule has 0 amide bonds. The maximum Gasteiger partial charge on any atom is 0.128 e. The van der Waals surface area contributed by atoms with Crippen LogP contribution in [0.1, 0.15) is 33.1 Å². The van der Waals surface area contributed by atoms with Crippen LogP contribution in [0.4, 0.5) is 5.82 Å². The Morgan fingerprint density at radius 3 is 2.57 bits per heavy atom. The Morgan fingerprint density at radius 1 is 1.14 bits per heavy atom. The molecule has 1 N–H and O–H groups in total. The summed E-state index contributed by atoms with van der Waals surface area (Å²) in [4.78, 5) is 9.45. The number of nitrogens with one attached hydrogen (secondary N) is 1. The minimum absolute atomic E-state index is 0.649. The van der Waals surface area contributed by atoms with Crippen molar-refractivity contribution in [3.05, 3.63) is 24.4 Å². The third kappa shape index (κ3) is 5.29. The Bertz CT molecular complexity index is 374. The Kier molecular flexibility index (Phi) is 6.96. The van der Waals surface area contributed by atoms with Crippen molar-refractivity contribution < 1.29 is 0 Å². The Morgan fingerprint density at radius 2 is 1.95 bits per heavy atom. The first-order chi connectivity index (χ1) is 10.3. The van der Waals surface area contributed by atoms with Gasteiger partial charge in [-0.2, -0.15) is 0 Å². The standard InChI is InChI=1S/C17H30N4/c1-3-7-16(18-9-4-2)15-20-11-13-21(14-12-20)17-8-5-6-10-19-17/h5-6,8,10,16,18H,3-4,7,9,11-15H2,1-2H3. The molecule has 0 spiro atoms. The quantitative estimate of drug-likeness (QED) is 0.796. The van der Waals surface area contributed by atoms with Crippen molar-refractivity contribution in [2.45, 2.75) is 39.2 Å². The highest BCUT2D eigenvalue weighted by molar-refractivity contribution is 5.38. The van der Waals surface area contributed by atoms with Crippen molar-refractivity contribution in [2.75, 3.05) is 44.2 Å². The van der Waals surface area contributed by atoms with E-state index < -0.39 is 0 Å². The summed E-state index contributed by atoms with van der Waals surface area (Å²) in [6.07, 6.45) is 5.64. The van der Waals surface area contributed by atoms with Gasteiger partial charge in [0.1, 0.15) is 5.82 Å². The Labute approximate surface area is 129 Å². The monoisotopic (exact) mass is 290 g/mol. The van der Waals surface area contributed by atoms with Gasteiger partial charge in [0.2, 0.25) is 0 Å². The smallest absolute Gasteiger partial charge is 0.128 e. The molecule has 2 heterocycles. The van der Waals surface area contributed by atoms with Gasteiger partial charge in [-0.05, 0) is 31.5 Å². The lowest BCUT2D eigenvalue weighted by atomic mass is 10.1. The first-order valence-electron chi connectivity index (χ1n) is 8.45. The van der Waals surface area contributed by atoms with Crippen LogP contribution in [0.3, 0.4) is 0 Å². The highest BCUT2D eigenvalue weighted by atomic mass is 15.3. The molecule has 4 nitrogen and oxygen atoms in total. The molecule has 1 unspecified atom stereocenters. The van der Waals surface area contributed by atoms with Crippen molar-refractivity contribution in [1.82, 2.24) is 15.2 Å². The van der Waals surface area contributed by atoms with E-state index in [1.54, 1.807) is 0 Å². The van der Waals surface area contributed by atoms with E-state index in [0.717, 1.165) is 38.5 Å². The summed E-state index contributed by atoms with van der Waals surface area (Å²) in [6, 6.07) is 6.81. The lowest BCUT2D eigenvalue weighted by Gasteiger charge is -2.37. The van der Waals surface area contributed by atoms with Crippen molar-refractivity contribution in [3.8, 4) is 0 Å². The second-order valence-corrected chi connectivity index (χ2v) is 5.92. The van der Waals surface area contributed by atoms with Gasteiger partial charge in [-0.3, -0.25) is 4.90 Å². The highest BCUT2D eigenvalue weighted by Gasteiger charge is 2.20. The molecule has 0 radical (unpaired) electrons. The van der Waals surface area contributed by atoms with Crippen LogP contribution >= 0.6 is 0 Å². The van der Waals surface area contributed by atoms with Crippen molar-refractivity contribution in [2.24, 2.45) is 0 Å². The van der Waals surface area contributed by atoms with Crippen LogP contribution in [-0.4, -0.2) is 55.2 Å². The van der Waals surface area contributed by atoms with Gasteiger partial charge in [0.05, 0.1) is 0 Å². The van der Waals surface area contributed by atoms with E-state index in [-0.39, 0.29) is 0 Å². The molecule has 1 saturated heterocycles. The van der Waals surface area contributed by atoms with Gasteiger partial charge in [-0.1, -0.05) is 26.3 Å². The maximum atomic E-state index is 4.45. The van der Waals surface area contributed by atoms with Crippen LogP contribution in [0.25, 0.3) is 0 Å². The van der Waals surface area contributed by atoms with E-state index in [9.17, 15) is 0 Å². The van der Waals surface area contributed by atoms with Crippen LogP contribution in [0.5, 0.6) is 0 Å². The van der Waals surface area contributed by atoms with E-state index in [2.05, 4.69) is 46.1 Å². The van der Waals surface area contributed by atoms with Gasteiger partial charge >= 0.3 is 0 Å². The van der Waals surface area contributed by atoms with E-state index in [4.69, 9.17) is 0 Å². The molecule has 4 heteroatoms. The fraction of sp³-hybridized carbons (Fsp3) is 0.706. The number of aromatic nitrogens is 1. The first kappa shape index (κ1) is 16.2. The average Bonchev–Trinajstić information content (AvgIpc) is 2.54. The molecule has 1 aromatic heterocycles. The number of hydrogen-bond acceptors (Lipinski definition) is 4. The lowest BCUT2D eigenvalue weighted by Crippen LogP contribution is -2.51. The number of piperazine rings is 1. The fourth-order valence-electron chi connectivity index (χ4n) is 2.97. The number of nitrogens with zero attached hydrogens (tertiary/aromatic N) is 3. The summed E-state index contributed by atoms with van der Waals surface area (Å²) in [5.74, 6) is 1.12.